The molecule has 0 saturated heterocycles. The molecule has 0 unspecified atom stereocenters. The zero-order valence-corrected chi connectivity index (χ0v) is 11.5. The average Bonchev–Trinajstić information content (AvgIpc) is 2.35. The number of benzene rings is 1. The highest BCUT2D eigenvalue weighted by molar-refractivity contribution is 7.89. The maximum atomic E-state index is 12.0. The van der Waals surface area contributed by atoms with Crippen molar-refractivity contribution in [3.05, 3.63) is 23.8 Å². The van der Waals surface area contributed by atoms with Gasteiger partial charge in [-0.1, -0.05) is 6.92 Å². The van der Waals surface area contributed by atoms with Gasteiger partial charge >= 0.3 is 0 Å². The van der Waals surface area contributed by atoms with Crippen molar-refractivity contribution >= 4 is 15.8 Å². The van der Waals surface area contributed by atoms with E-state index >= 15 is 0 Å². The molecule has 0 aromatic heterocycles. The normalized spacial score (nSPS) is 11.3. The fraction of sp³-hybridized carbons (Fsp3) is 0.417. The molecule has 1 rings (SSSR count). The van der Waals surface area contributed by atoms with Crippen LogP contribution in [0.2, 0.25) is 0 Å². The minimum absolute atomic E-state index is 0.00819. The molecule has 0 fully saturated rings. The number of methoxy groups -OCH3 is 1. The molecule has 0 aliphatic carbocycles. The van der Waals surface area contributed by atoms with Gasteiger partial charge in [-0.2, -0.15) is 0 Å². The van der Waals surface area contributed by atoms with E-state index in [1.165, 1.54) is 26.2 Å². The van der Waals surface area contributed by atoms with E-state index in [9.17, 15) is 13.2 Å². The summed E-state index contributed by atoms with van der Waals surface area (Å²) in [5, 5.41) is 0. The van der Waals surface area contributed by atoms with Gasteiger partial charge < -0.3 is 4.74 Å². The maximum Gasteiger partial charge on any atom is 0.244 e. The summed E-state index contributed by atoms with van der Waals surface area (Å²) in [4.78, 5) is 11.3. The first kappa shape index (κ1) is 14.7. The van der Waals surface area contributed by atoms with E-state index in [4.69, 9.17) is 4.74 Å². The molecule has 0 aliphatic heterocycles. The van der Waals surface area contributed by atoms with Gasteiger partial charge in [0, 0.05) is 12.1 Å². The van der Waals surface area contributed by atoms with Gasteiger partial charge in [0.1, 0.15) is 10.6 Å². The minimum atomic E-state index is -3.65. The van der Waals surface area contributed by atoms with Crippen LogP contribution in [-0.2, 0) is 10.0 Å². The van der Waals surface area contributed by atoms with Gasteiger partial charge in [0.05, 0.1) is 7.11 Å². The number of ketones is 1. The third kappa shape index (κ3) is 3.30. The minimum Gasteiger partial charge on any atom is -0.495 e. The zero-order chi connectivity index (χ0) is 13.8. The maximum absolute atomic E-state index is 12.0. The highest BCUT2D eigenvalue weighted by Gasteiger charge is 2.20. The van der Waals surface area contributed by atoms with Crippen LogP contribution in [-0.4, -0.2) is 27.9 Å². The Bertz CT molecular complexity index is 537. The second-order valence-corrected chi connectivity index (χ2v) is 5.55. The molecule has 0 aliphatic rings. The number of hydrogen-bond donors (Lipinski definition) is 1. The van der Waals surface area contributed by atoms with Gasteiger partial charge in [-0.05, 0) is 31.5 Å². The number of nitrogens with one attached hydrogen (secondary N) is 1. The van der Waals surface area contributed by atoms with E-state index in [1.54, 1.807) is 6.07 Å². The number of rotatable bonds is 6. The Balaban J connectivity index is 3.27. The van der Waals surface area contributed by atoms with Crippen LogP contribution in [0.3, 0.4) is 0 Å². The molecule has 0 amide bonds. The fourth-order valence-electron chi connectivity index (χ4n) is 1.42. The first-order valence-electron chi connectivity index (χ1n) is 5.61. The Kier molecular flexibility index (Phi) is 4.86. The van der Waals surface area contributed by atoms with Crippen LogP contribution in [0.15, 0.2) is 23.1 Å². The second-order valence-electron chi connectivity index (χ2n) is 3.82. The largest absolute Gasteiger partial charge is 0.495 e. The molecular weight excluding hydrogens is 254 g/mol. The van der Waals surface area contributed by atoms with E-state index in [2.05, 4.69) is 4.72 Å². The van der Waals surface area contributed by atoms with Crippen LogP contribution in [0.1, 0.15) is 30.6 Å². The molecule has 0 heterocycles. The molecule has 0 spiro atoms. The molecular formula is C12H17NO4S. The molecule has 18 heavy (non-hydrogen) atoms. The Hall–Kier alpha value is -1.40. The first-order valence-corrected chi connectivity index (χ1v) is 7.09. The lowest BCUT2D eigenvalue weighted by Gasteiger charge is -2.11. The van der Waals surface area contributed by atoms with Crippen molar-refractivity contribution in [2.75, 3.05) is 13.7 Å². The van der Waals surface area contributed by atoms with Crippen molar-refractivity contribution < 1.29 is 17.9 Å². The number of ether oxygens (including phenoxy) is 1. The van der Waals surface area contributed by atoms with Crippen molar-refractivity contribution in [3.8, 4) is 5.75 Å². The summed E-state index contributed by atoms with van der Waals surface area (Å²) < 4.78 is 31.5. The third-order valence-corrected chi connectivity index (χ3v) is 3.88. The highest BCUT2D eigenvalue weighted by atomic mass is 32.2. The number of sulfonamides is 1. The molecule has 0 radical (unpaired) electrons. The van der Waals surface area contributed by atoms with Crippen molar-refractivity contribution in [1.82, 2.24) is 4.72 Å². The summed E-state index contributed by atoms with van der Waals surface area (Å²) in [6, 6.07) is 4.36. The Morgan fingerprint density at radius 1 is 1.39 bits per heavy atom. The van der Waals surface area contributed by atoms with E-state index in [0.29, 0.717) is 18.5 Å². The lowest BCUT2D eigenvalue weighted by molar-refractivity contribution is 0.101. The van der Waals surface area contributed by atoms with Crippen LogP contribution in [0.5, 0.6) is 5.75 Å². The lowest BCUT2D eigenvalue weighted by Crippen LogP contribution is -2.25. The summed E-state index contributed by atoms with van der Waals surface area (Å²) in [7, 11) is -2.26. The van der Waals surface area contributed by atoms with Gasteiger partial charge in [-0.3, -0.25) is 4.79 Å². The van der Waals surface area contributed by atoms with Crippen molar-refractivity contribution in [2.24, 2.45) is 0 Å². The van der Waals surface area contributed by atoms with Crippen molar-refractivity contribution in [2.45, 2.75) is 25.2 Å². The highest BCUT2D eigenvalue weighted by Crippen LogP contribution is 2.24. The molecule has 0 saturated carbocycles. The molecule has 1 N–H and O–H groups in total. The number of hydrogen-bond acceptors (Lipinski definition) is 4. The number of Topliss-reactive ketones (excluding diaryl/α,β-unsaturated/α-hetero) is 1. The van der Waals surface area contributed by atoms with Gasteiger partial charge in [0.15, 0.2) is 5.78 Å². The topological polar surface area (TPSA) is 72.5 Å². The summed E-state index contributed by atoms with van der Waals surface area (Å²) >= 11 is 0. The predicted molar refractivity (Wildman–Crippen MR) is 68.5 cm³/mol. The summed E-state index contributed by atoms with van der Waals surface area (Å²) in [6.07, 6.45) is 0.688. The van der Waals surface area contributed by atoms with Crippen LogP contribution in [0.4, 0.5) is 0 Å². The Labute approximate surface area is 107 Å². The van der Waals surface area contributed by atoms with Gasteiger partial charge in [-0.25, -0.2) is 13.1 Å². The smallest absolute Gasteiger partial charge is 0.244 e. The predicted octanol–water partition coefficient (Wildman–Crippen LogP) is 1.59. The van der Waals surface area contributed by atoms with E-state index in [-0.39, 0.29) is 16.4 Å². The molecule has 1 aromatic carbocycles. The van der Waals surface area contributed by atoms with Gasteiger partial charge in [0.2, 0.25) is 10.0 Å². The molecule has 1 aromatic rings. The monoisotopic (exact) mass is 271 g/mol. The summed E-state index contributed by atoms with van der Waals surface area (Å²) in [5.74, 6) is 0.0354. The van der Waals surface area contributed by atoms with Gasteiger partial charge in [-0.15, -0.1) is 0 Å². The number of carbonyl (C=O) groups excluding carboxylic acids is 1. The summed E-state index contributed by atoms with van der Waals surface area (Å²) in [6.45, 7) is 3.60. The molecule has 0 bridgehead atoms. The van der Waals surface area contributed by atoms with Crippen LogP contribution >= 0.6 is 0 Å². The third-order valence-electron chi connectivity index (χ3n) is 2.40. The Morgan fingerprint density at radius 2 is 2.06 bits per heavy atom. The van der Waals surface area contributed by atoms with Crippen molar-refractivity contribution in [1.29, 1.82) is 0 Å². The Morgan fingerprint density at radius 3 is 2.56 bits per heavy atom. The standard InChI is InChI=1S/C12H17NO4S/c1-4-7-13-18(15,16)12-8-10(9(2)14)5-6-11(12)17-3/h5-6,8,13H,4,7H2,1-3H3. The van der Waals surface area contributed by atoms with E-state index in [1.807, 2.05) is 6.92 Å². The molecule has 0 atom stereocenters. The molecule has 5 nitrogen and oxygen atoms in total. The zero-order valence-electron chi connectivity index (χ0n) is 10.7. The van der Waals surface area contributed by atoms with Crippen molar-refractivity contribution in [3.63, 3.8) is 0 Å². The number of carbonyl (C=O) groups is 1. The average molecular weight is 271 g/mol. The van der Waals surface area contributed by atoms with Crippen LogP contribution in [0.25, 0.3) is 0 Å². The lowest BCUT2D eigenvalue weighted by atomic mass is 10.1. The van der Waals surface area contributed by atoms with Crippen LogP contribution < -0.4 is 9.46 Å². The van der Waals surface area contributed by atoms with E-state index < -0.39 is 10.0 Å². The SMILES string of the molecule is CCCNS(=O)(=O)c1cc(C(C)=O)ccc1OC. The molecule has 100 valence electrons. The first-order chi connectivity index (χ1) is 8.42. The molecule has 6 heteroatoms. The van der Waals surface area contributed by atoms with E-state index in [0.717, 1.165) is 0 Å². The fourth-order valence-corrected chi connectivity index (χ4v) is 2.75. The summed E-state index contributed by atoms with van der Waals surface area (Å²) in [5.41, 5.74) is 0.340. The quantitative estimate of drug-likeness (QED) is 0.797. The van der Waals surface area contributed by atoms with Crippen LogP contribution in [0, 0.1) is 0 Å². The second kappa shape index (κ2) is 5.97. The van der Waals surface area contributed by atoms with Gasteiger partial charge in [0.25, 0.3) is 0 Å².